The first-order chi connectivity index (χ1) is 11.7. The van der Waals surface area contributed by atoms with Crippen molar-refractivity contribution in [2.45, 2.75) is 52.1 Å². The summed E-state index contributed by atoms with van der Waals surface area (Å²) in [5, 5.41) is 2.82. The fourth-order valence-electron chi connectivity index (χ4n) is 2.88. The number of para-hydroxylation sites is 2. The number of amides is 1. The van der Waals surface area contributed by atoms with E-state index >= 15 is 0 Å². The van der Waals surface area contributed by atoms with Gasteiger partial charge in [-0.15, -0.1) is 12.4 Å². The number of nitrogens with zero attached hydrogens (tertiary/aromatic N) is 1. The van der Waals surface area contributed by atoms with E-state index in [0.29, 0.717) is 18.0 Å². The maximum absolute atomic E-state index is 12.2. The van der Waals surface area contributed by atoms with Crippen molar-refractivity contribution in [2.75, 3.05) is 31.6 Å². The van der Waals surface area contributed by atoms with E-state index in [1.54, 1.807) is 0 Å². The summed E-state index contributed by atoms with van der Waals surface area (Å²) in [6.07, 6.45) is 4.66. The normalized spacial score (nSPS) is 15.3. The molecule has 1 aromatic carbocycles. The van der Waals surface area contributed by atoms with Crippen molar-refractivity contribution >= 4 is 24.2 Å². The van der Waals surface area contributed by atoms with Crippen molar-refractivity contribution in [3.05, 3.63) is 24.3 Å². The molecule has 0 aromatic heterocycles. The molecule has 1 heterocycles. The number of unbranched alkanes of at least 4 members (excludes halogenated alkanes) is 1. The predicted molar refractivity (Wildman–Crippen MR) is 104 cm³/mol. The zero-order valence-corrected chi connectivity index (χ0v) is 16.1. The third-order valence-electron chi connectivity index (χ3n) is 4.23. The number of nitrogens with one attached hydrogen (secondary N) is 1. The molecule has 1 aromatic rings. The van der Waals surface area contributed by atoms with E-state index in [4.69, 9.17) is 9.47 Å². The lowest BCUT2D eigenvalue weighted by atomic mass is 10.1. The van der Waals surface area contributed by atoms with Crippen molar-refractivity contribution in [1.82, 2.24) is 4.90 Å². The predicted octanol–water partition coefficient (Wildman–Crippen LogP) is 4.71. The highest BCUT2D eigenvalue weighted by Gasteiger charge is 2.22. The van der Waals surface area contributed by atoms with Gasteiger partial charge in [-0.25, -0.2) is 4.79 Å². The van der Waals surface area contributed by atoms with Crippen LogP contribution in [0.1, 0.15) is 46.0 Å². The Morgan fingerprint density at radius 3 is 2.60 bits per heavy atom. The number of piperidine rings is 1. The number of anilines is 1. The van der Waals surface area contributed by atoms with E-state index < -0.39 is 6.09 Å². The zero-order chi connectivity index (χ0) is 17.2. The first kappa shape index (κ1) is 21.6. The standard InChI is InChI=1S/C19H30N2O3.ClH/c1-3-5-15-23-18-9-7-6-8-17(18)20-19(22)24-16-10-13-21(12-4-2)14-11-16;/h6-9,16H,3-5,10-15H2,1-2H3,(H,20,22);1H. The van der Waals surface area contributed by atoms with Crippen LogP contribution in [0.25, 0.3) is 0 Å². The second-order valence-electron chi connectivity index (χ2n) is 6.27. The highest BCUT2D eigenvalue weighted by Crippen LogP contribution is 2.24. The van der Waals surface area contributed by atoms with Crippen molar-refractivity contribution in [3.8, 4) is 5.75 Å². The number of hydrogen-bond acceptors (Lipinski definition) is 4. The lowest BCUT2D eigenvalue weighted by Crippen LogP contribution is -2.38. The molecule has 1 saturated heterocycles. The molecule has 2 rings (SSSR count). The minimum atomic E-state index is -0.393. The fourth-order valence-corrected chi connectivity index (χ4v) is 2.88. The zero-order valence-electron chi connectivity index (χ0n) is 15.3. The van der Waals surface area contributed by atoms with Gasteiger partial charge in [0.2, 0.25) is 0 Å². The molecule has 0 unspecified atom stereocenters. The van der Waals surface area contributed by atoms with E-state index in [2.05, 4.69) is 24.1 Å². The Bertz CT molecular complexity index is 505. The van der Waals surface area contributed by atoms with Gasteiger partial charge in [0.25, 0.3) is 0 Å². The Kier molecular flexibility index (Phi) is 10.3. The molecule has 1 fully saturated rings. The number of likely N-dealkylation sites (tertiary alicyclic amines) is 1. The molecule has 25 heavy (non-hydrogen) atoms. The molecule has 0 atom stereocenters. The smallest absolute Gasteiger partial charge is 0.412 e. The quantitative estimate of drug-likeness (QED) is 0.673. The molecular formula is C19H31ClN2O3. The van der Waals surface area contributed by atoms with E-state index in [1.165, 1.54) is 6.42 Å². The average molecular weight is 371 g/mol. The van der Waals surface area contributed by atoms with Crippen LogP contribution in [0, 0.1) is 0 Å². The van der Waals surface area contributed by atoms with Crippen LogP contribution in [0.3, 0.4) is 0 Å². The number of hydrogen-bond donors (Lipinski definition) is 1. The van der Waals surface area contributed by atoms with Gasteiger partial charge in [0.05, 0.1) is 12.3 Å². The number of rotatable bonds is 8. The second-order valence-corrected chi connectivity index (χ2v) is 6.27. The van der Waals surface area contributed by atoms with Crippen LogP contribution in [0.2, 0.25) is 0 Å². The fraction of sp³-hybridized carbons (Fsp3) is 0.632. The van der Waals surface area contributed by atoms with Crippen molar-refractivity contribution < 1.29 is 14.3 Å². The lowest BCUT2D eigenvalue weighted by molar-refractivity contribution is 0.0590. The molecule has 6 heteroatoms. The Labute approximate surface area is 157 Å². The Morgan fingerprint density at radius 1 is 1.20 bits per heavy atom. The SMILES string of the molecule is CCCCOc1ccccc1NC(=O)OC1CCN(CCC)CC1.Cl. The number of ether oxygens (including phenoxy) is 2. The van der Waals surface area contributed by atoms with Crippen LogP contribution in [0.5, 0.6) is 5.75 Å². The van der Waals surface area contributed by atoms with E-state index in [-0.39, 0.29) is 18.5 Å². The number of carbonyl (C=O) groups excluding carboxylic acids is 1. The first-order valence-corrected chi connectivity index (χ1v) is 9.14. The third-order valence-corrected chi connectivity index (χ3v) is 4.23. The Hall–Kier alpha value is -1.46. The second kappa shape index (κ2) is 12.0. The first-order valence-electron chi connectivity index (χ1n) is 9.14. The average Bonchev–Trinajstić information content (AvgIpc) is 2.58. The largest absolute Gasteiger partial charge is 0.491 e. The summed E-state index contributed by atoms with van der Waals surface area (Å²) in [4.78, 5) is 14.6. The molecule has 1 aliphatic rings. The van der Waals surface area contributed by atoms with Gasteiger partial charge in [-0.2, -0.15) is 0 Å². The number of carbonyl (C=O) groups is 1. The molecule has 0 spiro atoms. The van der Waals surface area contributed by atoms with Crippen LogP contribution in [-0.4, -0.2) is 43.3 Å². The minimum Gasteiger partial charge on any atom is -0.491 e. The molecule has 0 bridgehead atoms. The summed E-state index contributed by atoms with van der Waals surface area (Å²) in [7, 11) is 0. The molecule has 1 N–H and O–H groups in total. The molecule has 5 nitrogen and oxygen atoms in total. The molecule has 1 aliphatic heterocycles. The summed E-state index contributed by atoms with van der Waals surface area (Å²) < 4.78 is 11.3. The monoisotopic (exact) mass is 370 g/mol. The van der Waals surface area contributed by atoms with Crippen LogP contribution in [0.4, 0.5) is 10.5 Å². The van der Waals surface area contributed by atoms with E-state index in [9.17, 15) is 4.79 Å². The highest BCUT2D eigenvalue weighted by molar-refractivity contribution is 5.86. The van der Waals surface area contributed by atoms with Crippen molar-refractivity contribution in [2.24, 2.45) is 0 Å². The van der Waals surface area contributed by atoms with Gasteiger partial charge in [-0.05, 0) is 44.4 Å². The molecule has 1 amide bonds. The highest BCUT2D eigenvalue weighted by atomic mass is 35.5. The Balaban J connectivity index is 0.00000312. The maximum Gasteiger partial charge on any atom is 0.412 e. The van der Waals surface area contributed by atoms with Gasteiger partial charge in [0.1, 0.15) is 11.9 Å². The molecule has 142 valence electrons. The van der Waals surface area contributed by atoms with E-state index in [1.807, 2.05) is 24.3 Å². The van der Waals surface area contributed by atoms with Gasteiger partial charge in [-0.3, -0.25) is 5.32 Å². The molecular weight excluding hydrogens is 340 g/mol. The third kappa shape index (κ3) is 7.53. The lowest BCUT2D eigenvalue weighted by Gasteiger charge is -2.31. The summed E-state index contributed by atoms with van der Waals surface area (Å²) in [6, 6.07) is 7.49. The van der Waals surface area contributed by atoms with Gasteiger partial charge < -0.3 is 14.4 Å². The number of benzene rings is 1. The van der Waals surface area contributed by atoms with Crippen LogP contribution >= 0.6 is 12.4 Å². The maximum atomic E-state index is 12.2. The molecule has 0 radical (unpaired) electrons. The van der Waals surface area contributed by atoms with Crippen LogP contribution in [0.15, 0.2) is 24.3 Å². The topological polar surface area (TPSA) is 50.8 Å². The van der Waals surface area contributed by atoms with Crippen molar-refractivity contribution in [1.29, 1.82) is 0 Å². The summed E-state index contributed by atoms with van der Waals surface area (Å²) >= 11 is 0. The van der Waals surface area contributed by atoms with Crippen molar-refractivity contribution in [3.63, 3.8) is 0 Å². The summed E-state index contributed by atoms with van der Waals surface area (Å²) in [5.41, 5.74) is 0.669. The van der Waals surface area contributed by atoms with Crippen LogP contribution in [-0.2, 0) is 4.74 Å². The summed E-state index contributed by atoms with van der Waals surface area (Å²) in [5.74, 6) is 0.695. The number of halogens is 1. The van der Waals surface area contributed by atoms with E-state index in [0.717, 1.165) is 45.3 Å². The minimum absolute atomic E-state index is 0. The van der Waals surface area contributed by atoms with Gasteiger partial charge >= 0.3 is 6.09 Å². The van der Waals surface area contributed by atoms with Gasteiger partial charge in [-0.1, -0.05) is 32.4 Å². The molecule has 0 saturated carbocycles. The Morgan fingerprint density at radius 2 is 1.92 bits per heavy atom. The van der Waals surface area contributed by atoms with Gasteiger partial charge in [0.15, 0.2) is 0 Å². The van der Waals surface area contributed by atoms with Gasteiger partial charge in [0, 0.05) is 13.1 Å². The van der Waals surface area contributed by atoms with Crippen LogP contribution < -0.4 is 10.1 Å². The summed E-state index contributed by atoms with van der Waals surface area (Å²) in [6.45, 7) is 8.10. The molecule has 0 aliphatic carbocycles.